The van der Waals surface area contributed by atoms with Crippen molar-refractivity contribution in [2.75, 3.05) is 11.6 Å². The fraction of sp³-hybridized carbons (Fsp3) is 0.650. The third kappa shape index (κ3) is 8.07. The summed E-state index contributed by atoms with van der Waals surface area (Å²) in [5.41, 5.74) is -0.251. The van der Waals surface area contributed by atoms with Crippen LogP contribution in [0.1, 0.15) is 46.1 Å². The zero-order chi connectivity index (χ0) is 21.4. The highest BCUT2D eigenvalue weighted by Gasteiger charge is 2.45. The van der Waals surface area contributed by atoms with Crippen molar-refractivity contribution < 1.29 is 27.2 Å². The van der Waals surface area contributed by atoms with Gasteiger partial charge in [-0.15, -0.1) is 11.6 Å². The molecule has 160 valence electrons. The molecule has 0 saturated carbocycles. The van der Waals surface area contributed by atoms with E-state index in [4.69, 9.17) is 20.5 Å². The lowest BCUT2D eigenvalue weighted by Gasteiger charge is -2.38. The molecule has 0 spiro atoms. The Morgan fingerprint density at radius 3 is 2.32 bits per heavy atom. The van der Waals surface area contributed by atoms with Crippen LogP contribution in [0.15, 0.2) is 30.3 Å². The average Bonchev–Trinajstić information content (AvgIpc) is 2.59. The largest absolute Gasteiger partial charge is 0.479 e. The average molecular weight is 435 g/mol. The molecule has 1 aromatic carbocycles. The van der Waals surface area contributed by atoms with Gasteiger partial charge in [0.15, 0.2) is 6.10 Å². The van der Waals surface area contributed by atoms with Gasteiger partial charge in [-0.2, -0.15) is 8.42 Å². The minimum absolute atomic E-state index is 0.106. The first-order valence-corrected chi connectivity index (χ1v) is 11.5. The van der Waals surface area contributed by atoms with Crippen LogP contribution in [-0.2, 0) is 30.4 Å². The van der Waals surface area contributed by atoms with Crippen LogP contribution >= 0.6 is 11.6 Å². The van der Waals surface area contributed by atoms with Crippen molar-refractivity contribution in [1.29, 1.82) is 0 Å². The molecule has 0 heterocycles. The summed E-state index contributed by atoms with van der Waals surface area (Å²) in [6.45, 7) is 7.30. The Morgan fingerprint density at radius 1 is 1.21 bits per heavy atom. The van der Waals surface area contributed by atoms with E-state index in [0.29, 0.717) is 6.42 Å². The first-order valence-electron chi connectivity index (χ1n) is 9.35. The molecule has 0 saturated heterocycles. The topological polar surface area (TPSA) is 89.9 Å². The normalized spacial score (nSPS) is 14.8. The molecule has 0 aliphatic carbocycles. The quantitative estimate of drug-likeness (QED) is 0.371. The van der Waals surface area contributed by atoms with E-state index >= 15 is 0 Å². The Hall–Kier alpha value is -1.15. The van der Waals surface area contributed by atoms with E-state index in [-0.39, 0.29) is 30.6 Å². The highest BCUT2D eigenvalue weighted by atomic mass is 35.5. The molecule has 1 rings (SSSR count). The van der Waals surface area contributed by atoms with E-state index in [2.05, 4.69) is 0 Å². The lowest BCUT2D eigenvalue weighted by molar-refractivity contribution is -0.167. The van der Waals surface area contributed by atoms with Crippen LogP contribution < -0.4 is 0 Å². The summed E-state index contributed by atoms with van der Waals surface area (Å²) in [6, 6.07) is 9.22. The lowest BCUT2D eigenvalue weighted by Crippen LogP contribution is -2.48. The van der Waals surface area contributed by atoms with Crippen molar-refractivity contribution in [3.8, 4) is 0 Å². The van der Waals surface area contributed by atoms with E-state index in [9.17, 15) is 18.3 Å². The maximum atomic E-state index is 12.3. The monoisotopic (exact) mass is 434 g/mol. The number of hydrogen-bond donors (Lipinski definition) is 1. The predicted octanol–water partition coefficient (Wildman–Crippen LogP) is 4.07. The predicted molar refractivity (Wildman–Crippen MR) is 110 cm³/mol. The molecule has 0 aromatic heterocycles. The van der Waals surface area contributed by atoms with Gasteiger partial charge in [-0.3, -0.25) is 4.18 Å². The number of benzene rings is 1. The third-order valence-corrected chi connectivity index (χ3v) is 6.05. The van der Waals surface area contributed by atoms with Gasteiger partial charge in [-0.25, -0.2) is 4.79 Å². The van der Waals surface area contributed by atoms with Crippen LogP contribution in [-0.4, -0.2) is 43.3 Å². The van der Waals surface area contributed by atoms with E-state index < -0.39 is 33.7 Å². The second-order valence-electron chi connectivity index (χ2n) is 7.86. The Kier molecular flexibility index (Phi) is 9.90. The summed E-state index contributed by atoms with van der Waals surface area (Å²) >= 11 is 5.59. The molecule has 6 nitrogen and oxygen atoms in total. The van der Waals surface area contributed by atoms with Gasteiger partial charge in [0, 0.05) is 11.3 Å². The molecule has 0 fully saturated rings. The minimum Gasteiger partial charge on any atom is -0.479 e. The van der Waals surface area contributed by atoms with Crippen molar-refractivity contribution in [3.63, 3.8) is 0 Å². The van der Waals surface area contributed by atoms with Crippen molar-refractivity contribution in [2.24, 2.45) is 11.3 Å². The Bertz CT molecular complexity index is 703. The van der Waals surface area contributed by atoms with Gasteiger partial charge in [0.2, 0.25) is 0 Å². The summed E-state index contributed by atoms with van der Waals surface area (Å²) in [7, 11) is -3.83. The van der Waals surface area contributed by atoms with Crippen LogP contribution in [0, 0.1) is 11.3 Å². The molecule has 0 bridgehead atoms. The van der Waals surface area contributed by atoms with Gasteiger partial charge in [0.25, 0.3) is 10.1 Å². The summed E-state index contributed by atoms with van der Waals surface area (Å²) in [5, 5.41) is 9.76. The first kappa shape index (κ1) is 24.9. The molecular formula is C20H31ClO6S. The SMILES string of the molecule is CC(C)CC(OS(=O)(=O)CCCCl)C(C)(C)[C@@H](OCc1ccccc1)C(=O)O. The first-order chi connectivity index (χ1) is 13.0. The molecule has 2 atom stereocenters. The van der Waals surface area contributed by atoms with E-state index in [1.807, 2.05) is 44.2 Å². The van der Waals surface area contributed by atoms with Gasteiger partial charge in [-0.1, -0.05) is 58.0 Å². The van der Waals surface area contributed by atoms with Crippen LogP contribution in [0.4, 0.5) is 0 Å². The summed E-state index contributed by atoms with van der Waals surface area (Å²) in [5.74, 6) is -1.05. The second kappa shape index (κ2) is 11.1. The molecule has 8 heteroatoms. The molecule has 1 aromatic rings. The number of carbonyl (C=O) groups is 1. The number of ether oxygens (including phenoxy) is 1. The minimum atomic E-state index is -3.83. The van der Waals surface area contributed by atoms with Gasteiger partial charge < -0.3 is 9.84 Å². The molecule has 28 heavy (non-hydrogen) atoms. The van der Waals surface area contributed by atoms with Gasteiger partial charge in [0.05, 0.1) is 18.5 Å². The van der Waals surface area contributed by atoms with Crippen LogP contribution in [0.3, 0.4) is 0 Å². The number of rotatable bonds is 13. The summed E-state index contributed by atoms with van der Waals surface area (Å²) in [4.78, 5) is 11.9. The van der Waals surface area contributed by atoms with E-state index in [1.165, 1.54) is 0 Å². The van der Waals surface area contributed by atoms with Crippen LogP contribution in [0.25, 0.3) is 0 Å². The molecule has 1 N–H and O–H groups in total. The Balaban J connectivity index is 3.05. The van der Waals surface area contributed by atoms with Crippen molar-refractivity contribution in [3.05, 3.63) is 35.9 Å². The van der Waals surface area contributed by atoms with Crippen LogP contribution in [0.2, 0.25) is 0 Å². The second-order valence-corrected chi connectivity index (χ2v) is 9.95. The lowest BCUT2D eigenvalue weighted by atomic mass is 9.77. The molecule has 0 aliphatic rings. The van der Waals surface area contributed by atoms with Crippen molar-refractivity contribution >= 4 is 27.7 Å². The summed E-state index contributed by atoms with van der Waals surface area (Å²) in [6.07, 6.45) is -1.43. The van der Waals surface area contributed by atoms with E-state index in [0.717, 1.165) is 5.56 Å². The zero-order valence-corrected chi connectivity index (χ0v) is 18.5. The standard InChI is InChI=1S/C20H31ClO6S/c1-15(2)13-17(27-28(24,25)12-8-11-21)20(3,4)18(19(22)23)26-14-16-9-6-5-7-10-16/h5-7,9-10,15,17-18H,8,11-14H2,1-4H3,(H,22,23)/t17?,18-/m0/s1. The Labute approximate surface area is 173 Å². The maximum absolute atomic E-state index is 12.3. The number of carboxylic acid groups (broad SMARTS) is 1. The highest BCUT2D eigenvalue weighted by molar-refractivity contribution is 7.86. The number of alkyl halides is 1. The van der Waals surface area contributed by atoms with Gasteiger partial charge in [0.1, 0.15) is 0 Å². The fourth-order valence-corrected chi connectivity index (χ4v) is 4.45. The number of halogens is 1. The van der Waals surface area contributed by atoms with Crippen molar-refractivity contribution in [1.82, 2.24) is 0 Å². The number of aliphatic carboxylic acids is 1. The molecule has 1 unspecified atom stereocenters. The van der Waals surface area contributed by atoms with Crippen molar-refractivity contribution in [2.45, 2.75) is 59.4 Å². The molecule has 0 radical (unpaired) electrons. The molecule has 0 amide bonds. The van der Waals surface area contributed by atoms with Crippen LogP contribution in [0.5, 0.6) is 0 Å². The third-order valence-electron chi connectivity index (χ3n) is 4.47. The molecular weight excluding hydrogens is 404 g/mol. The zero-order valence-electron chi connectivity index (χ0n) is 16.9. The highest BCUT2D eigenvalue weighted by Crippen LogP contribution is 2.35. The smallest absolute Gasteiger partial charge is 0.333 e. The maximum Gasteiger partial charge on any atom is 0.333 e. The Morgan fingerprint density at radius 2 is 1.82 bits per heavy atom. The summed E-state index contributed by atoms with van der Waals surface area (Å²) < 4.78 is 35.8. The van der Waals surface area contributed by atoms with E-state index in [1.54, 1.807) is 13.8 Å². The number of carboxylic acids is 1. The fourth-order valence-electron chi connectivity index (χ4n) is 2.88. The van der Waals surface area contributed by atoms with Gasteiger partial charge in [-0.05, 0) is 24.3 Å². The van der Waals surface area contributed by atoms with Gasteiger partial charge >= 0.3 is 5.97 Å². The number of hydrogen-bond acceptors (Lipinski definition) is 5. The molecule has 0 aliphatic heterocycles.